The molecule has 1 fully saturated rings. The summed E-state index contributed by atoms with van der Waals surface area (Å²) in [6, 6.07) is 34.1. The molecule has 0 bridgehead atoms. The molecule has 5 aromatic rings. The van der Waals surface area contributed by atoms with Gasteiger partial charge in [0.1, 0.15) is 5.82 Å². The van der Waals surface area contributed by atoms with Crippen molar-refractivity contribution in [1.29, 1.82) is 0 Å². The Kier molecular flexibility index (Phi) is 6.67. The van der Waals surface area contributed by atoms with E-state index in [1.54, 1.807) is 14.2 Å². The predicted molar refractivity (Wildman–Crippen MR) is 154 cm³/mol. The number of nitrogens with zero attached hydrogens (tertiary/aromatic N) is 2. The SMILES string of the molecule is COc1cc2cc(-c3cc(-c4ccccc4)cc(-c4ccccc4)c3)c(N3CCOCC3)nc2cc1OC. The fourth-order valence-electron chi connectivity index (χ4n) is 5.10. The highest BCUT2D eigenvalue weighted by Crippen LogP contribution is 2.40. The highest BCUT2D eigenvalue weighted by atomic mass is 16.5. The van der Waals surface area contributed by atoms with Gasteiger partial charge in [-0.05, 0) is 58.1 Å². The molecule has 190 valence electrons. The Morgan fingerprint density at radius 2 is 1.18 bits per heavy atom. The monoisotopic (exact) mass is 502 g/mol. The molecule has 1 aliphatic rings. The second-order valence-electron chi connectivity index (χ2n) is 9.39. The first-order valence-electron chi connectivity index (χ1n) is 12.9. The molecule has 0 amide bonds. The van der Waals surface area contributed by atoms with Crippen molar-refractivity contribution in [2.45, 2.75) is 0 Å². The van der Waals surface area contributed by atoms with E-state index in [2.05, 4.69) is 89.8 Å². The van der Waals surface area contributed by atoms with Crippen LogP contribution in [0.1, 0.15) is 0 Å². The van der Waals surface area contributed by atoms with Crippen LogP contribution >= 0.6 is 0 Å². The van der Waals surface area contributed by atoms with Crippen LogP contribution in [0.25, 0.3) is 44.3 Å². The van der Waals surface area contributed by atoms with Crippen molar-refractivity contribution in [3.8, 4) is 44.9 Å². The maximum absolute atomic E-state index is 5.67. The fraction of sp³-hybridized carbons (Fsp3) is 0.182. The first kappa shape index (κ1) is 24.0. The number of fused-ring (bicyclic) bond motifs is 1. The molecule has 1 aliphatic heterocycles. The van der Waals surface area contributed by atoms with Gasteiger partial charge in [0.15, 0.2) is 11.5 Å². The molecule has 6 rings (SSSR count). The van der Waals surface area contributed by atoms with Crippen LogP contribution in [-0.4, -0.2) is 45.5 Å². The van der Waals surface area contributed by atoms with Gasteiger partial charge in [0, 0.05) is 30.1 Å². The first-order chi connectivity index (χ1) is 18.7. The largest absolute Gasteiger partial charge is 0.493 e. The molecule has 1 aromatic heterocycles. The number of pyridine rings is 1. The van der Waals surface area contributed by atoms with Crippen LogP contribution in [0, 0.1) is 0 Å². The lowest BCUT2D eigenvalue weighted by molar-refractivity contribution is 0.122. The summed E-state index contributed by atoms with van der Waals surface area (Å²) in [7, 11) is 3.32. The standard InChI is InChI=1S/C33H30N2O3/c1-36-31-21-28-20-29(33(35-13-15-38-16-14-35)34-30(28)22-32(31)37-2)27-18-25(23-9-5-3-6-10-23)17-26(19-27)24-11-7-4-8-12-24/h3-12,17-22H,13-16H2,1-2H3. The molecule has 38 heavy (non-hydrogen) atoms. The third kappa shape index (κ3) is 4.69. The highest BCUT2D eigenvalue weighted by Gasteiger charge is 2.21. The number of benzene rings is 4. The molecule has 0 atom stereocenters. The van der Waals surface area contributed by atoms with Gasteiger partial charge in [0.05, 0.1) is 33.0 Å². The second-order valence-corrected chi connectivity index (χ2v) is 9.39. The zero-order chi connectivity index (χ0) is 25.9. The molecule has 1 saturated heterocycles. The van der Waals surface area contributed by atoms with Crippen LogP contribution in [0.4, 0.5) is 5.82 Å². The molecule has 0 radical (unpaired) electrons. The Balaban J connectivity index is 1.61. The first-order valence-corrected chi connectivity index (χ1v) is 12.9. The minimum absolute atomic E-state index is 0.672. The van der Waals surface area contributed by atoms with Crippen molar-refractivity contribution in [2.24, 2.45) is 0 Å². The molecular weight excluding hydrogens is 472 g/mol. The minimum atomic E-state index is 0.672. The number of anilines is 1. The van der Waals surface area contributed by atoms with Gasteiger partial charge in [-0.15, -0.1) is 0 Å². The van der Waals surface area contributed by atoms with Gasteiger partial charge in [-0.25, -0.2) is 4.98 Å². The lowest BCUT2D eigenvalue weighted by atomic mass is 9.93. The third-order valence-electron chi connectivity index (χ3n) is 7.07. The summed E-state index contributed by atoms with van der Waals surface area (Å²) in [5.41, 5.74) is 7.77. The van der Waals surface area contributed by atoms with Crippen molar-refractivity contribution < 1.29 is 14.2 Å². The summed E-state index contributed by atoms with van der Waals surface area (Å²) in [6.07, 6.45) is 0. The Morgan fingerprint density at radius 1 is 0.632 bits per heavy atom. The molecule has 0 aliphatic carbocycles. The zero-order valence-electron chi connectivity index (χ0n) is 21.7. The second kappa shape index (κ2) is 10.6. The summed E-state index contributed by atoms with van der Waals surface area (Å²) in [5, 5.41) is 1.00. The van der Waals surface area contributed by atoms with Gasteiger partial charge >= 0.3 is 0 Å². The number of aromatic nitrogens is 1. The molecule has 0 N–H and O–H groups in total. The summed E-state index contributed by atoms with van der Waals surface area (Å²) >= 11 is 0. The average molecular weight is 503 g/mol. The van der Waals surface area contributed by atoms with Crippen molar-refractivity contribution >= 4 is 16.7 Å². The molecule has 5 heteroatoms. The lowest BCUT2D eigenvalue weighted by Crippen LogP contribution is -2.37. The Labute approximate surface area is 223 Å². The van der Waals surface area contributed by atoms with Gasteiger partial charge in [-0.2, -0.15) is 0 Å². The lowest BCUT2D eigenvalue weighted by Gasteiger charge is -2.30. The van der Waals surface area contributed by atoms with Gasteiger partial charge in [-0.3, -0.25) is 0 Å². The molecule has 4 aromatic carbocycles. The Morgan fingerprint density at radius 3 is 1.76 bits per heavy atom. The number of rotatable bonds is 6. The van der Waals surface area contributed by atoms with Gasteiger partial charge in [-0.1, -0.05) is 60.7 Å². The maximum Gasteiger partial charge on any atom is 0.162 e. The topological polar surface area (TPSA) is 43.8 Å². The van der Waals surface area contributed by atoms with E-state index in [4.69, 9.17) is 19.2 Å². The zero-order valence-corrected chi connectivity index (χ0v) is 21.7. The number of morpholine rings is 1. The van der Waals surface area contributed by atoms with Crippen molar-refractivity contribution in [2.75, 3.05) is 45.4 Å². The van der Waals surface area contributed by atoms with E-state index in [-0.39, 0.29) is 0 Å². The molecular formula is C33H30N2O3. The van der Waals surface area contributed by atoms with Gasteiger partial charge in [0.2, 0.25) is 0 Å². The summed E-state index contributed by atoms with van der Waals surface area (Å²) < 4.78 is 16.9. The van der Waals surface area contributed by atoms with E-state index in [0.29, 0.717) is 24.7 Å². The Hall–Kier alpha value is -4.35. The smallest absolute Gasteiger partial charge is 0.162 e. The number of methoxy groups -OCH3 is 2. The van der Waals surface area contributed by atoms with Gasteiger partial charge < -0.3 is 19.1 Å². The fourth-order valence-corrected chi connectivity index (χ4v) is 5.10. The summed E-state index contributed by atoms with van der Waals surface area (Å²) in [6.45, 7) is 2.96. The van der Waals surface area contributed by atoms with Crippen molar-refractivity contribution in [3.05, 3.63) is 97.1 Å². The van der Waals surface area contributed by atoms with Crippen molar-refractivity contribution in [1.82, 2.24) is 4.98 Å². The predicted octanol–water partition coefficient (Wildman–Crippen LogP) is 7.09. The summed E-state index contributed by atoms with van der Waals surface area (Å²) in [5.74, 6) is 2.32. The van der Waals surface area contributed by atoms with Crippen LogP contribution < -0.4 is 14.4 Å². The molecule has 0 unspecified atom stereocenters. The van der Waals surface area contributed by atoms with E-state index >= 15 is 0 Å². The van der Waals surface area contributed by atoms with Crippen LogP contribution in [0.15, 0.2) is 97.1 Å². The molecule has 2 heterocycles. The van der Waals surface area contributed by atoms with Crippen LogP contribution in [0.3, 0.4) is 0 Å². The van der Waals surface area contributed by atoms with Crippen LogP contribution in [0.2, 0.25) is 0 Å². The van der Waals surface area contributed by atoms with E-state index in [1.165, 1.54) is 22.3 Å². The molecule has 0 saturated carbocycles. The average Bonchev–Trinajstić information content (AvgIpc) is 3.00. The van der Waals surface area contributed by atoms with E-state index in [1.807, 2.05) is 12.1 Å². The number of ether oxygens (including phenoxy) is 3. The Bertz CT molecular complexity index is 1500. The maximum atomic E-state index is 5.67. The number of hydrogen-bond donors (Lipinski definition) is 0. The van der Waals surface area contributed by atoms with E-state index in [9.17, 15) is 0 Å². The minimum Gasteiger partial charge on any atom is -0.493 e. The highest BCUT2D eigenvalue weighted by molar-refractivity contribution is 5.93. The molecule has 0 spiro atoms. The summed E-state index contributed by atoms with van der Waals surface area (Å²) in [4.78, 5) is 7.52. The van der Waals surface area contributed by atoms with Gasteiger partial charge in [0.25, 0.3) is 0 Å². The van der Waals surface area contributed by atoms with E-state index < -0.39 is 0 Å². The van der Waals surface area contributed by atoms with E-state index in [0.717, 1.165) is 40.9 Å². The van der Waals surface area contributed by atoms with Crippen LogP contribution in [-0.2, 0) is 4.74 Å². The number of hydrogen-bond acceptors (Lipinski definition) is 5. The third-order valence-corrected chi connectivity index (χ3v) is 7.07. The quantitative estimate of drug-likeness (QED) is 0.248. The normalized spacial score (nSPS) is 13.5. The van der Waals surface area contributed by atoms with Crippen LogP contribution in [0.5, 0.6) is 11.5 Å². The van der Waals surface area contributed by atoms with Crippen molar-refractivity contribution in [3.63, 3.8) is 0 Å². The molecule has 5 nitrogen and oxygen atoms in total.